The van der Waals surface area contributed by atoms with Gasteiger partial charge in [-0.1, -0.05) is 82.6 Å². The number of hydrogen-bond acceptors (Lipinski definition) is 0. The third kappa shape index (κ3) is 3.60. The summed E-state index contributed by atoms with van der Waals surface area (Å²) in [6.07, 6.45) is 16.2. The molecule has 0 bridgehead atoms. The van der Waals surface area contributed by atoms with E-state index in [1.54, 1.807) is 11.1 Å². The number of hydrogen-bond donors (Lipinski definition) is 0. The minimum Gasteiger partial charge on any atom is -0.0858 e. The van der Waals surface area contributed by atoms with Crippen molar-refractivity contribution in [2.45, 2.75) is 84.7 Å². The molecule has 2 aliphatic rings. The van der Waals surface area contributed by atoms with Gasteiger partial charge in [0.05, 0.1) is 0 Å². The lowest BCUT2D eigenvalue weighted by Crippen LogP contribution is -2.33. The molecule has 20 heavy (non-hydrogen) atoms. The van der Waals surface area contributed by atoms with Crippen LogP contribution < -0.4 is 0 Å². The summed E-state index contributed by atoms with van der Waals surface area (Å²) in [5, 5.41) is 0. The Hall–Kier alpha value is -0.455. The summed E-state index contributed by atoms with van der Waals surface area (Å²) < 4.78 is 0. The molecule has 1 heterocycles. The van der Waals surface area contributed by atoms with Crippen LogP contribution in [0.25, 0.3) is 0 Å². The van der Waals surface area contributed by atoms with Gasteiger partial charge in [0.1, 0.15) is 6.71 Å². The third-order valence-corrected chi connectivity index (χ3v) is 5.83. The maximum Gasteiger partial charge on any atom is 0.141 e. The Morgan fingerprint density at radius 1 is 1.25 bits per heavy atom. The second-order valence-electron chi connectivity index (χ2n) is 7.22. The van der Waals surface area contributed by atoms with E-state index in [0.717, 1.165) is 24.4 Å². The van der Waals surface area contributed by atoms with E-state index in [9.17, 15) is 0 Å². The molecule has 0 spiro atoms. The first-order valence-corrected chi connectivity index (χ1v) is 9.05. The van der Waals surface area contributed by atoms with Gasteiger partial charge in [-0.05, 0) is 37.2 Å². The molecule has 0 nitrogen and oxygen atoms in total. The largest absolute Gasteiger partial charge is 0.141 e. The van der Waals surface area contributed by atoms with Crippen molar-refractivity contribution in [2.24, 2.45) is 11.8 Å². The Labute approximate surface area is 127 Å². The lowest BCUT2D eigenvalue weighted by molar-refractivity contribution is 0.261. The van der Waals surface area contributed by atoms with Gasteiger partial charge in [0, 0.05) is 0 Å². The lowest BCUT2D eigenvalue weighted by atomic mass is 9.34. The van der Waals surface area contributed by atoms with Gasteiger partial charge in [0.15, 0.2) is 0 Å². The summed E-state index contributed by atoms with van der Waals surface area (Å²) in [6.45, 7) is 10.5. The lowest BCUT2D eigenvalue weighted by Gasteiger charge is -2.40. The minimum absolute atomic E-state index is 0.818. The van der Waals surface area contributed by atoms with Gasteiger partial charge in [-0.25, -0.2) is 0 Å². The highest BCUT2D eigenvalue weighted by Crippen LogP contribution is 2.46. The van der Waals surface area contributed by atoms with Crippen molar-refractivity contribution in [3.63, 3.8) is 0 Å². The molecule has 1 aliphatic heterocycles. The van der Waals surface area contributed by atoms with Gasteiger partial charge in [-0.15, -0.1) is 0 Å². The molecule has 0 radical (unpaired) electrons. The van der Waals surface area contributed by atoms with Crippen LogP contribution in [-0.2, 0) is 0 Å². The van der Waals surface area contributed by atoms with Gasteiger partial charge >= 0.3 is 0 Å². The highest BCUT2D eigenvalue weighted by molar-refractivity contribution is 6.59. The van der Waals surface area contributed by atoms with Crippen LogP contribution in [0.5, 0.6) is 0 Å². The zero-order valence-corrected chi connectivity index (χ0v) is 14.1. The highest BCUT2D eigenvalue weighted by atomic mass is 14.3. The summed E-state index contributed by atoms with van der Waals surface area (Å²) in [6, 6.07) is 0. The first-order valence-electron chi connectivity index (χ1n) is 9.05. The molecular formula is C19H33B. The van der Waals surface area contributed by atoms with E-state index in [2.05, 4.69) is 39.7 Å². The van der Waals surface area contributed by atoms with Gasteiger partial charge in [0.2, 0.25) is 0 Å². The molecular weight excluding hydrogens is 239 g/mol. The summed E-state index contributed by atoms with van der Waals surface area (Å²) in [4.78, 5) is 0. The monoisotopic (exact) mass is 272 g/mol. The van der Waals surface area contributed by atoms with E-state index in [-0.39, 0.29) is 0 Å². The van der Waals surface area contributed by atoms with E-state index in [4.69, 9.17) is 0 Å². The second kappa shape index (κ2) is 7.52. The molecule has 0 amide bonds. The quantitative estimate of drug-likeness (QED) is 0.520. The molecule has 0 aromatic heterocycles. The fourth-order valence-electron chi connectivity index (χ4n) is 4.39. The Kier molecular flexibility index (Phi) is 5.99. The van der Waals surface area contributed by atoms with Crippen molar-refractivity contribution in [2.75, 3.05) is 0 Å². The van der Waals surface area contributed by atoms with Gasteiger partial charge in [0.25, 0.3) is 0 Å². The fourth-order valence-corrected chi connectivity index (χ4v) is 4.39. The minimum atomic E-state index is 0.818. The molecule has 1 heteroatoms. The Morgan fingerprint density at radius 3 is 2.55 bits per heavy atom. The summed E-state index contributed by atoms with van der Waals surface area (Å²) in [7, 11) is 0. The molecule has 0 aromatic rings. The van der Waals surface area contributed by atoms with Crippen molar-refractivity contribution in [3.05, 3.63) is 23.3 Å². The van der Waals surface area contributed by atoms with E-state index < -0.39 is 0 Å². The van der Waals surface area contributed by atoms with Crippen LogP contribution >= 0.6 is 0 Å². The predicted octanol–water partition coefficient (Wildman–Crippen LogP) is 6.38. The SMILES string of the molecule is CCCC1=CC(CC)C(C2CCC2)B(C)CCC=C1C. The molecule has 1 fully saturated rings. The first kappa shape index (κ1) is 15.9. The molecule has 2 rings (SSSR count). The predicted molar refractivity (Wildman–Crippen MR) is 92.7 cm³/mol. The average molecular weight is 272 g/mol. The van der Waals surface area contributed by atoms with E-state index in [0.29, 0.717) is 0 Å². The van der Waals surface area contributed by atoms with Crippen molar-refractivity contribution >= 4 is 6.71 Å². The van der Waals surface area contributed by atoms with Crippen LogP contribution in [0.1, 0.15) is 65.7 Å². The normalized spacial score (nSPS) is 28.9. The van der Waals surface area contributed by atoms with Crippen molar-refractivity contribution < 1.29 is 0 Å². The number of rotatable bonds is 4. The fraction of sp³-hybridized carbons (Fsp3) is 0.789. The van der Waals surface area contributed by atoms with E-state index >= 15 is 0 Å². The Balaban J connectivity index is 2.27. The second-order valence-corrected chi connectivity index (χ2v) is 7.22. The molecule has 2 atom stereocenters. The third-order valence-electron chi connectivity index (χ3n) is 5.83. The standard InChI is InChI=1S/C19H33B/c1-5-9-18-14-16(6-2)19(17-11-7-12-17)20(4)13-8-10-15(18)3/h10,14,16-17,19H,5-9,11-13H2,1-4H3. The molecule has 1 aliphatic carbocycles. The van der Waals surface area contributed by atoms with Gasteiger partial charge < -0.3 is 0 Å². The molecule has 0 aromatic carbocycles. The van der Waals surface area contributed by atoms with Gasteiger partial charge in [-0.3, -0.25) is 0 Å². The maximum absolute atomic E-state index is 2.68. The van der Waals surface area contributed by atoms with Gasteiger partial charge in [-0.2, -0.15) is 0 Å². The Bertz CT molecular complexity index is 362. The molecule has 0 N–H and O–H groups in total. The molecule has 1 saturated carbocycles. The summed E-state index contributed by atoms with van der Waals surface area (Å²) in [5.41, 5.74) is 3.21. The van der Waals surface area contributed by atoms with E-state index in [1.165, 1.54) is 51.3 Å². The van der Waals surface area contributed by atoms with Crippen LogP contribution in [0, 0.1) is 11.8 Å². The van der Waals surface area contributed by atoms with E-state index in [1.807, 2.05) is 0 Å². The first-order chi connectivity index (χ1) is 9.67. The van der Waals surface area contributed by atoms with Crippen LogP contribution in [-0.4, -0.2) is 6.71 Å². The molecule has 112 valence electrons. The zero-order chi connectivity index (χ0) is 14.5. The Morgan fingerprint density at radius 2 is 2.00 bits per heavy atom. The number of allylic oxidation sites excluding steroid dienone is 4. The van der Waals surface area contributed by atoms with Crippen molar-refractivity contribution in [1.29, 1.82) is 0 Å². The average Bonchev–Trinajstić information content (AvgIpc) is 2.42. The topological polar surface area (TPSA) is 0 Å². The van der Waals surface area contributed by atoms with Crippen molar-refractivity contribution in [3.8, 4) is 0 Å². The summed E-state index contributed by atoms with van der Waals surface area (Å²) in [5.74, 6) is 2.78. The highest BCUT2D eigenvalue weighted by Gasteiger charge is 2.36. The van der Waals surface area contributed by atoms with Crippen LogP contribution in [0.2, 0.25) is 19.0 Å². The summed E-state index contributed by atoms with van der Waals surface area (Å²) >= 11 is 0. The zero-order valence-electron chi connectivity index (χ0n) is 14.1. The maximum atomic E-state index is 2.68. The smallest absolute Gasteiger partial charge is 0.0858 e. The molecule has 0 saturated heterocycles. The van der Waals surface area contributed by atoms with Crippen molar-refractivity contribution in [1.82, 2.24) is 0 Å². The van der Waals surface area contributed by atoms with Crippen LogP contribution in [0.15, 0.2) is 23.3 Å². The van der Waals surface area contributed by atoms with Crippen LogP contribution in [0.3, 0.4) is 0 Å². The molecule has 2 unspecified atom stereocenters. The van der Waals surface area contributed by atoms with Crippen LogP contribution in [0.4, 0.5) is 0 Å².